The summed E-state index contributed by atoms with van der Waals surface area (Å²) in [6.45, 7) is 4.00. The average molecular weight is 505 g/mol. The Hall–Kier alpha value is -3.64. The van der Waals surface area contributed by atoms with Gasteiger partial charge in [-0.3, -0.25) is 10.8 Å². The number of nitrogens with two attached hydrogens (primary N) is 2. The number of anilines is 2. The molecule has 0 amide bonds. The second-order valence-electron chi connectivity index (χ2n) is 7.10. The van der Waals surface area contributed by atoms with Gasteiger partial charge in [0.1, 0.15) is 23.8 Å². The van der Waals surface area contributed by atoms with Crippen molar-refractivity contribution in [2.24, 2.45) is 27.8 Å². The van der Waals surface area contributed by atoms with E-state index in [-0.39, 0.29) is 17.6 Å². The van der Waals surface area contributed by atoms with Crippen LogP contribution in [0.2, 0.25) is 0 Å². The van der Waals surface area contributed by atoms with Crippen LogP contribution in [0.15, 0.2) is 52.9 Å². The zero-order valence-electron chi connectivity index (χ0n) is 21.3. The van der Waals surface area contributed by atoms with Crippen LogP contribution in [0.5, 0.6) is 0 Å². The zero-order valence-corrected chi connectivity index (χ0v) is 21.3. The monoisotopic (exact) mass is 504 g/mol. The number of benzene rings is 2. The molecule has 2 aliphatic rings. The van der Waals surface area contributed by atoms with E-state index in [2.05, 4.69) is 21.9 Å². The topological polar surface area (TPSA) is 179 Å². The van der Waals surface area contributed by atoms with E-state index in [1.807, 2.05) is 13.8 Å². The van der Waals surface area contributed by atoms with Crippen molar-refractivity contribution in [3.8, 4) is 0 Å². The fourth-order valence-corrected chi connectivity index (χ4v) is 2.97. The number of hydrogen-bond donors (Lipinski definition) is 6. The smallest absolute Gasteiger partial charge is 0.127 e. The number of nitrogens with zero attached hydrogens (tertiary/aromatic N) is 4. The van der Waals surface area contributed by atoms with Crippen molar-refractivity contribution in [3.63, 3.8) is 0 Å². The molecule has 0 radical (unpaired) electrons. The molecule has 2 aromatic carbocycles. The van der Waals surface area contributed by atoms with Gasteiger partial charge in [0.25, 0.3) is 0 Å². The highest BCUT2D eigenvalue weighted by Crippen LogP contribution is 2.44. The Morgan fingerprint density at radius 1 is 0.889 bits per heavy atom. The summed E-state index contributed by atoms with van der Waals surface area (Å²) in [5.74, 6) is 0.276. The van der Waals surface area contributed by atoms with Crippen molar-refractivity contribution >= 4 is 23.5 Å². The largest absolute Gasteiger partial charge is 0.333 e. The quantitative estimate of drug-likeness (QED) is 0.114. The minimum absolute atomic E-state index is 0.212. The molecule has 0 spiro atoms. The SMILES string of the molecule is CC.CN.CN.N=CN(N=N)c1ccc(F)cc1C1CC1.N=NN(C(=N)C1CC1)c1ccc(F)cc1. The van der Waals surface area contributed by atoms with Gasteiger partial charge in [-0.15, -0.1) is 0 Å². The van der Waals surface area contributed by atoms with Gasteiger partial charge in [-0.05, 0) is 93.7 Å². The van der Waals surface area contributed by atoms with Gasteiger partial charge in [-0.2, -0.15) is 11.1 Å². The maximum Gasteiger partial charge on any atom is 0.127 e. The van der Waals surface area contributed by atoms with Gasteiger partial charge in [0.05, 0.1) is 11.4 Å². The predicted octanol–water partition coefficient (Wildman–Crippen LogP) is 6.20. The summed E-state index contributed by atoms with van der Waals surface area (Å²) in [6, 6.07) is 9.99. The highest BCUT2D eigenvalue weighted by molar-refractivity contribution is 5.97. The van der Waals surface area contributed by atoms with Gasteiger partial charge in [0.15, 0.2) is 0 Å². The molecule has 2 aliphatic carbocycles. The molecule has 10 nitrogen and oxygen atoms in total. The number of nitrogens with one attached hydrogen (secondary N) is 4. The van der Waals surface area contributed by atoms with E-state index < -0.39 is 0 Å². The molecular formula is C24H38F2N10. The van der Waals surface area contributed by atoms with Gasteiger partial charge in [0, 0.05) is 5.92 Å². The van der Waals surface area contributed by atoms with Crippen molar-refractivity contribution in [1.29, 1.82) is 21.9 Å². The Morgan fingerprint density at radius 2 is 1.42 bits per heavy atom. The number of halogens is 2. The van der Waals surface area contributed by atoms with Crippen LogP contribution >= 0.6 is 0 Å². The summed E-state index contributed by atoms with van der Waals surface area (Å²) in [6.07, 6.45) is 4.99. The maximum atomic E-state index is 13.1. The third kappa shape index (κ3) is 9.92. The van der Waals surface area contributed by atoms with Crippen LogP contribution in [0.3, 0.4) is 0 Å². The van der Waals surface area contributed by atoms with Crippen molar-refractivity contribution in [2.45, 2.75) is 45.4 Å². The molecule has 0 unspecified atom stereocenters. The van der Waals surface area contributed by atoms with Gasteiger partial charge >= 0.3 is 0 Å². The van der Waals surface area contributed by atoms with E-state index in [1.165, 1.54) is 55.5 Å². The molecule has 2 saturated carbocycles. The van der Waals surface area contributed by atoms with Crippen molar-refractivity contribution < 1.29 is 8.78 Å². The van der Waals surface area contributed by atoms with Crippen molar-refractivity contribution in [3.05, 3.63) is 59.7 Å². The summed E-state index contributed by atoms with van der Waals surface area (Å²) in [5, 5.41) is 23.7. The van der Waals surface area contributed by atoms with Crippen LogP contribution in [-0.2, 0) is 0 Å². The van der Waals surface area contributed by atoms with Crippen molar-refractivity contribution in [2.75, 3.05) is 24.1 Å². The minimum atomic E-state index is -0.332. The first kappa shape index (κ1) is 32.4. The lowest BCUT2D eigenvalue weighted by Crippen LogP contribution is -2.25. The fourth-order valence-electron chi connectivity index (χ4n) is 2.97. The molecule has 0 aromatic heterocycles. The molecule has 0 atom stereocenters. The summed E-state index contributed by atoms with van der Waals surface area (Å²) < 4.78 is 25.7. The first-order chi connectivity index (χ1) is 17.5. The third-order valence-corrected chi connectivity index (χ3v) is 4.85. The summed E-state index contributed by atoms with van der Waals surface area (Å²) in [4.78, 5) is 0. The molecular weight excluding hydrogens is 466 g/mol. The minimum Gasteiger partial charge on any atom is -0.333 e. The predicted molar refractivity (Wildman–Crippen MR) is 141 cm³/mol. The molecule has 0 saturated heterocycles. The van der Waals surface area contributed by atoms with Gasteiger partial charge in [-0.25, -0.2) is 18.8 Å². The molecule has 0 heterocycles. The summed E-state index contributed by atoms with van der Waals surface area (Å²) in [5.41, 5.74) is 25.0. The van der Waals surface area contributed by atoms with E-state index >= 15 is 0 Å². The number of amidine groups is 1. The Morgan fingerprint density at radius 3 is 1.83 bits per heavy atom. The van der Waals surface area contributed by atoms with Crippen LogP contribution in [0.4, 0.5) is 20.2 Å². The average Bonchev–Trinajstić information content (AvgIpc) is 3.84. The number of hydrogen-bond acceptors (Lipinski definition) is 8. The zero-order chi connectivity index (χ0) is 27.7. The molecule has 36 heavy (non-hydrogen) atoms. The lowest BCUT2D eigenvalue weighted by molar-refractivity contribution is 0.625. The Balaban J connectivity index is 0.000000564. The Labute approximate surface area is 211 Å². The molecule has 0 aliphatic heterocycles. The lowest BCUT2D eigenvalue weighted by atomic mass is 10.1. The highest BCUT2D eigenvalue weighted by atomic mass is 19.1. The Kier molecular flexibility index (Phi) is 16.0. The molecule has 8 N–H and O–H groups in total. The van der Waals surface area contributed by atoms with Crippen LogP contribution < -0.4 is 21.5 Å². The first-order valence-corrected chi connectivity index (χ1v) is 11.6. The van der Waals surface area contributed by atoms with Crippen LogP contribution in [0.25, 0.3) is 0 Å². The molecule has 0 bridgehead atoms. The van der Waals surface area contributed by atoms with Gasteiger partial charge < -0.3 is 11.5 Å². The maximum absolute atomic E-state index is 13.1. The van der Waals surface area contributed by atoms with Gasteiger partial charge in [0.2, 0.25) is 0 Å². The van der Waals surface area contributed by atoms with Crippen LogP contribution in [0.1, 0.15) is 51.0 Å². The second-order valence-corrected chi connectivity index (χ2v) is 7.10. The normalized spacial score (nSPS) is 12.8. The van der Waals surface area contributed by atoms with E-state index in [0.29, 0.717) is 23.1 Å². The summed E-state index contributed by atoms with van der Waals surface area (Å²) >= 11 is 0. The van der Waals surface area contributed by atoms with Gasteiger partial charge in [-0.1, -0.05) is 24.3 Å². The second kappa shape index (κ2) is 17.7. The van der Waals surface area contributed by atoms with Crippen LogP contribution in [0, 0.1) is 39.4 Å². The summed E-state index contributed by atoms with van der Waals surface area (Å²) in [7, 11) is 3.00. The number of rotatable bonds is 7. The third-order valence-electron chi connectivity index (χ3n) is 4.85. The first-order valence-electron chi connectivity index (χ1n) is 11.6. The van der Waals surface area contributed by atoms with Crippen molar-refractivity contribution in [1.82, 2.24) is 0 Å². The van der Waals surface area contributed by atoms with E-state index in [4.69, 9.17) is 21.9 Å². The van der Waals surface area contributed by atoms with Crippen LogP contribution in [-0.4, -0.2) is 26.3 Å². The van der Waals surface area contributed by atoms with E-state index in [0.717, 1.165) is 42.6 Å². The molecule has 198 valence electrons. The lowest BCUT2D eigenvalue weighted by Gasteiger charge is -2.17. The highest BCUT2D eigenvalue weighted by Gasteiger charge is 2.31. The Bertz CT molecular complexity index is 936. The van der Waals surface area contributed by atoms with E-state index in [1.54, 1.807) is 6.07 Å². The molecule has 4 rings (SSSR count). The molecule has 2 aromatic rings. The molecule has 2 fully saturated rings. The standard InChI is InChI=1S/2C10H11FN4.C2H6.2CH5N/c11-8-3-5-9(6-4-8)15(14-13)10(12)7-1-2-7;11-8-3-4-10(15(6-12)14-13)9(5-8)7-1-2-7;3*1-2/h2*3-7,12-13H,1-2H2;1-2H3;2*2H2,1H3. The van der Waals surface area contributed by atoms with E-state index in [9.17, 15) is 8.78 Å². The fraction of sp³-hybridized carbons (Fsp3) is 0.417. The molecule has 12 heteroatoms.